The van der Waals surface area contributed by atoms with Gasteiger partial charge in [-0.3, -0.25) is 0 Å². The molecule has 1 unspecified atom stereocenters. The second-order valence-electron chi connectivity index (χ2n) is 4.49. The van der Waals surface area contributed by atoms with Crippen molar-refractivity contribution < 1.29 is 21.6 Å². The van der Waals surface area contributed by atoms with Crippen LogP contribution in [0.5, 0.6) is 0 Å². The van der Waals surface area contributed by atoms with Gasteiger partial charge in [0.2, 0.25) is 10.0 Å². The van der Waals surface area contributed by atoms with E-state index in [-0.39, 0.29) is 18.0 Å². The van der Waals surface area contributed by atoms with Crippen LogP contribution in [0.25, 0.3) is 0 Å². The third-order valence-electron chi connectivity index (χ3n) is 3.13. The molecule has 0 radical (unpaired) electrons. The molecular weight excluding hydrogens is 307 g/mol. The summed E-state index contributed by atoms with van der Waals surface area (Å²) in [6.45, 7) is 0.677. The summed E-state index contributed by atoms with van der Waals surface area (Å²) in [7, 11) is -3.98. The van der Waals surface area contributed by atoms with Crippen LogP contribution in [0.4, 0.5) is 13.2 Å². The Morgan fingerprint density at radius 2 is 1.90 bits per heavy atom. The van der Waals surface area contributed by atoms with Gasteiger partial charge in [0.05, 0.1) is 16.5 Å². The fourth-order valence-electron chi connectivity index (χ4n) is 2.03. The van der Waals surface area contributed by atoms with Crippen LogP contribution in [-0.2, 0) is 16.2 Å². The first-order valence-corrected chi connectivity index (χ1v) is 7.50. The fraction of sp³-hybridized carbons (Fsp3) is 0.417. The number of benzene rings is 1. The Bertz CT molecular complexity index is 650. The van der Waals surface area contributed by atoms with E-state index < -0.39 is 27.8 Å². The quantitative estimate of drug-likeness (QED) is 0.889. The maximum Gasteiger partial charge on any atom is 0.416 e. The van der Waals surface area contributed by atoms with Gasteiger partial charge in [-0.25, -0.2) is 8.42 Å². The highest BCUT2D eigenvalue weighted by molar-refractivity contribution is 7.89. The predicted octanol–water partition coefficient (Wildman–Crippen LogP) is 1.19. The van der Waals surface area contributed by atoms with Gasteiger partial charge >= 0.3 is 6.18 Å². The van der Waals surface area contributed by atoms with E-state index >= 15 is 0 Å². The monoisotopic (exact) mass is 319 g/mol. The summed E-state index contributed by atoms with van der Waals surface area (Å²) in [6.07, 6.45) is -4.52. The zero-order valence-electron chi connectivity index (χ0n) is 10.8. The van der Waals surface area contributed by atoms with E-state index in [0.29, 0.717) is 6.54 Å². The molecule has 1 aliphatic rings. The van der Waals surface area contributed by atoms with Gasteiger partial charge in [-0.05, 0) is 24.3 Å². The zero-order valence-corrected chi connectivity index (χ0v) is 11.6. The second kappa shape index (κ2) is 5.63. The van der Waals surface area contributed by atoms with Gasteiger partial charge in [-0.2, -0.15) is 22.7 Å². The number of hydrogen-bond acceptors (Lipinski definition) is 4. The molecular formula is C12H12F3N3O2S. The summed E-state index contributed by atoms with van der Waals surface area (Å²) < 4.78 is 63.2. The standard InChI is InChI=1S/C12H12F3N3O2S/c13-12(14,15)9-1-3-11(4-2-9)21(19,20)18-6-5-17-8-10(18)7-16/h1-4,10,17H,5-6,8H2. The van der Waals surface area contributed by atoms with Crippen molar-refractivity contribution in [2.45, 2.75) is 17.1 Å². The molecule has 0 bridgehead atoms. The van der Waals surface area contributed by atoms with Gasteiger partial charge < -0.3 is 5.32 Å². The Hall–Kier alpha value is -1.63. The molecule has 1 saturated heterocycles. The third kappa shape index (κ3) is 3.18. The van der Waals surface area contributed by atoms with E-state index in [4.69, 9.17) is 5.26 Å². The van der Waals surface area contributed by atoms with Gasteiger partial charge in [0.25, 0.3) is 0 Å². The first kappa shape index (κ1) is 15.8. The van der Waals surface area contributed by atoms with Gasteiger partial charge in [0, 0.05) is 19.6 Å². The molecule has 114 valence electrons. The van der Waals surface area contributed by atoms with E-state index in [1.165, 1.54) is 0 Å². The average Bonchev–Trinajstić information content (AvgIpc) is 2.46. The number of halogens is 3. The molecule has 1 aromatic carbocycles. The van der Waals surface area contributed by atoms with Crippen molar-refractivity contribution in [2.75, 3.05) is 19.6 Å². The van der Waals surface area contributed by atoms with Crippen molar-refractivity contribution >= 4 is 10.0 Å². The Morgan fingerprint density at radius 3 is 2.43 bits per heavy atom. The first-order chi connectivity index (χ1) is 9.76. The molecule has 0 saturated carbocycles. The summed E-state index contributed by atoms with van der Waals surface area (Å²) in [5, 5.41) is 11.9. The number of rotatable bonds is 2. The molecule has 0 spiro atoms. The molecule has 1 atom stereocenters. The lowest BCUT2D eigenvalue weighted by atomic mass is 10.2. The molecule has 1 N–H and O–H groups in total. The number of alkyl halides is 3. The van der Waals surface area contributed by atoms with Crippen molar-refractivity contribution in [3.05, 3.63) is 29.8 Å². The molecule has 1 aliphatic heterocycles. The number of sulfonamides is 1. The Kier molecular flexibility index (Phi) is 4.22. The van der Waals surface area contributed by atoms with Crippen molar-refractivity contribution in [1.29, 1.82) is 5.26 Å². The van der Waals surface area contributed by atoms with Crippen molar-refractivity contribution in [3.8, 4) is 6.07 Å². The normalized spacial score (nSPS) is 21.0. The number of hydrogen-bond donors (Lipinski definition) is 1. The molecule has 1 aromatic rings. The summed E-state index contributed by atoms with van der Waals surface area (Å²) in [5.41, 5.74) is -0.918. The van der Waals surface area contributed by atoms with E-state index in [0.717, 1.165) is 28.6 Å². The van der Waals surface area contributed by atoms with E-state index in [2.05, 4.69) is 5.32 Å². The topological polar surface area (TPSA) is 73.2 Å². The molecule has 1 fully saturated rings. The highest BCUT2D eigenvalue weighted by atomic mass is 32.2. The van der Waals surface area contributed by atoms with Crippen molar-refractivity contribution in [2.24, 2.45) is 0 Å². The first-order valence-electron chi connectivity index (χ1n) is 6.06. The Labute approximate surface area is 120 Å². The minimum Gasteiger partial charge on any atom is -0.313 e. The van der Waals surface area contributed by atoms with Gasteiger partial charge in [-0.1, -0.05) is 0 Å². The van der Waals surface area contributed by atoms with Crippen molar-refractivity contribution in [3.63, 3.8) is 0 Å². The van der Waals surface area contributed by atoms with Gasteiger partial charge in [0.1, 0.15) is 6.04 Å². The number of nitrogens with one attached hydrogen (secondary N) is 1. The average molecular weight is 319 g/mol. The fourth-order valence-corrected chi connectivity index (χ4v) is 3.57. The predicted molar refractivity (Wildman–Crippen MR) is 67.6 cm³/mol. The molecule has 9 heteroatoms. The lowest BCUT2D eigenvalue weighted by molar-refractivity contribution is -0.137. The number of nitrogens with zero attached hydrogens (tertiary/aromatic N) is 2. The minimum absolute atomic E-state index is 0.0988. The van der Waals surface area contributed by atoms with Crippen LogP contribution in [0.2, 0.25) is 0 Å². The van der Waals surface area contributed by atoms with Crippen LogP contribution < -0.4 is 5.32 Å². The molecule has 21 heavy (non-hydrogen) atoms. The Balaban J connectivity index is 2.33. The highest BCUT2D eigenvalue weighted by Crippen LogP contribution is 2.30. The van der Waals surface area contributed by atoms with Crippen LogP contribution in [0.15, 0.2) is 29.2 Å². The molecule has 0 aromatic heterocycles. The zero-order chi connectivity index (χ0) is 15.7. The Morgan fingerprint density at radius 1 is 1.29 bits per heavy atom. The van der Waals surface area contributed by atoms with Gasteiger partial charge in [-0.15, -0.1) is 0 Å². The maximum atomic E-state index is 12.5. The summed E-state index contributed by atoms with van der Waals surface area (Å²) in [4.78, 5) is -0.252. The minimum atomic E-state index is -4.52. The second-order valence-corrected chi connectivity index (χ2v) is 6.38. The smallest absolute Gasteiger partial charge is 0.313 e. The number of piperazine rings is 1. The van der Waals surface area contributed by atoms with E-state index in [9.17, 15) is 21.6 Å². The van der Waals surface area contributed by atoms with Crippen LogP contribution >= 0.6 is 0 Å². The summed E-state index contributed by atoms with van der Waals surface area (Å²) >= 11 is 0. The molecule has 0 aliphatic carbocycles. The lowest BCUT2D eigenvalue weighted by Crippen LogP contribution is -2.52. The molecule has 0 amide bonds. The van der Waals surface area contributed by atoms with Crippen LogP contribution in [0, 0.1) is 11.3 Å². The van der Waals surface area contributed by atoms with Crippen LogP contribution in [-0.4, -0.2) is 38.4 Å². The molecule has 5 nitrogen and oxygen atoms in total. The van der Waals surface area contributed by atoms with Gasteiger partial charge in [0.15, 0.2) is 0 Å². The molecule has 1 heterocycles. The number of nitriles is 1. The van der Waals surface area contributed by atoms with Crippen LogP contribution in [0.3, 0.4) is 0 Å². The lowest BCUT2D eigenvalue weighted by Gasteiger charge is -2.30. The highest BCUT2D eigenvalue weighted by Gasteiger charge is 2.35. The van der Waals surface area contributed by atoms with Crippen molar-refractivity contribution in [1.82, 2.24) is 9.62 Å². The van der Waals surface area contributed by atoms with Crippen LogP contribution in [0.1, 0.15) is 5.56 Å². The maximum absolute atomic E-state index is 12.5. The largest absolute Gasteiger partial charge is 0.416 e. The third-order valence-corrected chi connectivity index (χ3v) is 5.05. The van der Waals surface area contributed by atoms with E-state index in [1.54, 1.807) is 0 Å². The summed E-state index contributed by atoms with van der Waals surface area (Å²) in [5.74, 6) is 0. The SMILES string of the molecule is N#CC1CNCCN1S(=O)(=O)c1ccc(C(F)(F)F)cc1. The summed E-state index contributed by atoms with van der Waals surface area (Å²) in [6, 6.07) is 4.26. The van der Waals surface area contributed by atoms with E-state index in [1.807, 2.05) is 6.07 Å². The molecule has 2 rings (SSSR count).